The third-order valence-corrected chi connectivity index (χ3v) is 6.20. The van der Waals surface area contributed by atoms with Gasteiger partial charge in [-0.15, -0.1) is 0 Å². The topological polar surface area (TPSA) is 40.6 Å². The van der Waals surface area contributed by atoms with Gasteiger partial charge in [-0.1, -0.05) is 18.2 Å². The van der Waals surface area contributed by atoms with Gasteiger partial charge in [-0.25, -0.2) is 12.8 Å². The molecule has 0 spiro atoms. The Bertz CT molecular complexity index is 782. The summed E-state index contributed by atoms with van der Waals surface area (Å²) in [6, 6.07) is 13.3. The van der Waals surface area contributed by atoms with Gasteiger partial charge in [-0.2, -0.15) is 4.31 Å². The van der Waals surface area contributed by atoms with Gasteiger partial charge in [0.25, 0.3) is 0 Å². The lowest BCUT2D eigenvalue weighted by Gasteiger charge is -2.35. The fourth-order valence-corrected chi connectivity index (χ4v) is 4.47. The zero-order valence-corrected chi connectivity index (χ0v) is 13.8. The number of benzene rings is 2. The third kappa shape index (κ3) is 3.23. The molecule has 4 nitrogen and oxygen atoms in total. The predicted octanol–water partition coefficient (Wildman–Crippen LogP) is 2.65. The number of sulfonamides is 1. The molecule has 0 atom stereocenters. The minimum Gasteiger partial charge on any atom is -0.369 e. The number of anilines is 1. The van der Waals surface area contributed by atoms with Crippen LogP contribution in [0.15, 0.2) is 53.4 Å². The van der Waals surface area contributed by atoms with Crippen molar-refractivity contribution in [1.82, 2.24) is 4.31 Å². The minimum absolute atomic E-state index is 0.269. The molecule has 0 aromatic heterocycles. The molecule has 23 heavy (non-hydrogen) atoms. The summed E-state index contributed by atoms with van der Waals surface area (Å²) < 4.78 is 40.0. The van der Waals surface area contributed by atoms with Gasteiger partial charge >= 0.3 is 0 Å². The van der Waals surface area contributed by atoms with Gasteiger partial charge in [-0.3, -0.25) is 0 Å². The van der Waals surface area contributed by atoms with E-state index in [0.717, 1.165) is 11.3 Å². The van der Waals surface area contributed by atoms with Crippen molar-refractivity contribution < 1.29 is 12.8 Å². The van der Waals surface area contributed by atoms with E-state index in [-0.39, 0.29) is 5.82 Å². The van der Waals surface area contributed by atoms with Gasteiger partial charge in [0.05, 0.1) is 4.90 Å². The van der Waals surface area contributed by atoms with E-state index in [9.17, 15) is 12.8 Å². The Balaban J connectivity index is 1.74. The maximum Gasteiger partial charge on any atom is 0.243 e. The molecule has 122 valence electrons. The van der Waals surface area contributed by atoms with Crippen LogP contribution >= 0.6 is 0 Å². The fourth-order valence-electron chi connectivity index (χ4n) is 2.82. The Hall–Kier alpha value is -1.92. The van der Waals surface area contributed by atoms with Crippen molar-refractivity contribution in [3.05, 3.63) is 59.9 Å². The van der Waals surface area contributed by atoms with Crippen molar-refractivity contribution in [3.8, 4) is 0 Å². The molecule has 6 heteroatoms. The molecule has 2 aromatic carbocycles. The first-order chi connectivity index (χ1) is 11.0. The zero-order chi connectivity index (χ0) is 16.4. The molecule has 0 unspecified atom stereocenters. The molecule has 1 heterocycles. The lowest BCUT2D eigenvalue weighted by atomic mass is 10.2. The number of aryl methyl sites for hydroxylation is 1. The summed E-state index contributed by atoms with van der Waals surface area (Å²) in [6.07, 6.45) is 0. The largest absolute Gasteiger partial charge is 0.369 e. The monoisotopic (exact) mass is 334 g/mol. The molecule has 0 saturated carbocycles. The number of hydrogen-bond donors (Lipinski definition) is 0. The van der Waals surface area contributed by atoms with Crippen LogP contribution in [-0.2, 0) is 10.0 Å². The first kappa shape index (κ1) is 16.0. The molecular formula is C17H19FN2O2S. The highest BCUT2D eigenvalue weighted by atomic mass is 32.2. The zero-order valence-electron chi connectivity index (χ0n) is 12.9. The van der Waals surface area contributed by atoms with Crippen LogP contribution in [0.4, 0.5) is 10.1 Å². The summed E-state index contributed by atoms with van der Waals surface area (Å²) in [5.41, 5.74) is 1.67. The van der Waals surface area contributed by atoms with Crippen molar-refractivity contribution in [1.29, 1.82) is 0 Å². The fraction of sp³-hybridized carbons (Fsp3) is 0.294. The SMILES string of the molecule is Cc1ccccc1S(=O)(=O)N1CCN(c2ccc(F)cc2)CC1. The smallest absolute Gasteiger partial charge is 0.243 e. The van der Waals surface area contributed by atoms with Gasteiger partial charge < -0.3 is 4.90 Å². The van der Waals surface area contributed by atoms with Gasteiger partial charge in [0.2, 0.25) is 10.0 Å². The maximum absolute atomic E-state index is 13.0. The molecule has 1 aliphatic rings. The quantitative estimate of drug-likeness (QED) is 0.866. The highest BCUT2D eigenvalue weighted by Crippen LogP contribution is 2.23. The Morgan fingerprint density at radius 2 is 1.52 bits per heavy atom. The van der Waals surface area contributed by atoms with Gasteiger partial charge in [0.15, 0.2) is 0 Å². The predicted molar refractivity (Wildman–Crippen MR) is 88.6 cm³/mol. The van der Waals surface area contributed by atoms with Crippen LogP contribution < -0.4 is 4.90 Å². The summed E-state index contributed by atoms with van der Waals surface area (Å²) in [4.78, 5) is 2.44. The molecular weight excluding hydrogens is 315 g/mol. The van der Waals surface area contributed by atoms with E-state index in [4.69, 9.17) is 0 Å². The molecule has 0 aliphatic carbocycles. The average Bonchev–Trinajstić information content (AvgIpc) is 2.56. The summed E-state index contributed by atoms with van der Waals surface area (Å²) in [7, 11) is -3.46. The molecule has 0 N–H and O–H groups in total. The van der Waals surface area contributed by atoms with Crippen molar-refractivity contribution in [2.75, 3.05) is 31.1 Å². The van der Waals surface area contributed by atoms with E-state index in [1.165, 1.54) is 16.4 Å². The van der Waals surface area contributed by atoms with Gasteiger partial charge in [0.1, 0.15) is 5.82 Å². The first-order valence-corrected chi connectivity index (χ1v) is 8.99. The summed E-state index contributed by atoms with van der Waals surface area (Å²) in [5.74, 6) is -0.269. The van der Waals surface area contributed by atoms with Crippen LogP contribution in [0.3, 0.4) is 0 Å². The van der Waals surface area contributed by atoms with Gasteiger partial charge in [-0.05, 0) is 42.8 Å². The van der Waals surface area contributed by atoms with Crippen molar-refractivity contribution >= 4 is 15.7 Å². The second-order valence-corrected chi connectivity index (χ2v) is 7.54. The number of halogens is 1. The standard InChI is InChI=1S/C17H19FN2O2S/c1-14-4-2-3-5-17(14)23(21,22)20-12-10-19(11-13-20)16-8-6-15(18)7-9-16/h2-9H,10-13H2,1H3. The van der Waals surface area contributed by atoms with Crippen LogP contribution in [0.1, 0.15) is 5.56 Å². The van der Waals surface area contributed by atoms with E-state index in [2.05, 4.69) is 4.90 Å². The lowest BCUT2D eigenvalue weighted by Crippen LogP contribution is -2.48. The highest BCUT2D eigenvalue weighted by Gasteiger charge is 2.29. The second-order valence-electron chi connectivity index (χ2n) is 5.63. The first-order valence-electron chi connectivity index (χ1n) is 7.55. The number of hydrogen-bond acceptors (Lipinski definition) is 3. The number of nitrogens with zero attached hydrogens (tertiary/aromatic N) is 2. The van der Waals surface area contributed by atoms with E-state index in [1.807, 2.05) is 19.1 Å². The molecule has 3 rings (SSSR count). The van der Waals surface area contributed by atoms with Crippen LogP contribution in [0.2, 0.25) is 0 Å². The van der Waals surface area contributed by atoms with E-state index >= 15 is 0 Å². The molecule has 0 bridgehead atoms. The molecule has 0 amide bonds. The lowest BCUT2D eigenvalue weighted by molar-refractivity contribution is 0.384. The molecule has 1 fully saturated rings. The Labute approximate surface area is 136 Å². The van der Waals surface area contributed by atoms with Crippen LogP contribution in [0, 0.1) is 12.7 Å². The number of rotatable bonds is 3. The Morgan fingerprint density at radius 1 is 0.913 bits per heavy atom. The van der Waals surface area contributed by atoms with Crippen LogP contribution in [0.25, 0.3) is 0 Å². The Kier molecular flexibility index (Phi) is 4.37. The summed E-state index contributed by atoms with van der Waals surface area (Å²) in [6.45, 7) is 3.84. The van der Waals surface area contributed by atoms with E-state index in [1.54, 1.807) is 24.3 Å². The summed E-state index contributed by atoms with van der Waals surface area (Å²) >= 11 is 0. The van der Waals surface area contributed by atoms with E-state index < -0.39 is 10.0 Å². The molecule has 0 radical (unpaired) electrons. The minimum atomic E-state index is -3.46. The number of piperazine rings is 1. The summed E-state index contributed by atoms with van der Waals surface area (Å²) in [5, 5.41) is 0. The second kappa shape index (κ2) is 6.29. The normalized spacial score (nSPS) is 16.5. The van der Waals surface area contributed by atoms with Crippen molar-refractivity contribution in [2.45, 2.75) is 11.8 Å². The van der Waals surface area contributed by atoms with Crippen LogP contribution in [0.5, 0.6) is 0 Å². The Morgan fingerprint density at radius 3 is 2.13 bits per heavy atom. The van der Waals surface area contributed by atoms with E-state index in [0.29, 0.717) is 31.1 Å². The van der Waals surface area contributed by atoms with Crippen molar-refractivity contribution in [2.24, 2.45) is 0 Å². The maximum atomic E-state index is 13.0. The van der Waals surface area contributed by atoms with Crippen LogP contribution in [-0.4, -0.2) is 38.9 Å². The molecule has 1 aliphatic heterocycles. The van der Waals surface area contributed by atoms with Gasteiger partial charge in [0, 0.05) is 31.9 Å². The highest BCUT2D eigenvalue weighted by molar-refractivity contribution is 7.89. The molecule has 2 aromatic rings. The third-order valence-electron chi connectivity index (χ3n) is 4.14. The molecule has 1 saturated heterocycles. The van der Waals surface area contributed by atoms with Crippen molar-refractivity contribution in [3.63, 3.8) is 0 Å². The average molecular weight is 334 g/mol.